The number of methoxy groups -OCH3 is 1. The highest BCUT2D eigenvalue weighted by Crippen LogP contribution is 2.28. The number of carbonyl (C=O) groups is 1. The van der Waals surface area contributed by atoms with Crippen molar-refractivity contribution in [1.29, 1.82) is 0 Å². The van der Waals surface area contributed by atoms with Crippen LogP contribution in [-0.2, 0) is 11.3 Å². The van der Waals surface area contributed by atoms with Gasteiger partial charge < -0.3 is 14.4 Å². The molecule has 0 radical (unpaired) electrons. The first-order valence-electron chi connectivity index (χ1n) is 8.80. The van der Waals surface area contributed by atoms with E-state index in [2.05, 4.69) is 0 Å². The molecule has 0 aliphatic rings. The molecule has 0 spiro atoms. The summed E-state index contributed by atoms with van der Waals surface area (Å²) in [5.74, 6) is 1.49. The Kier molecular flexibility index (Phi) is 7.04. The highest BCUT2D eigenvalue weighted by molar-refractivity contribution is 5.96. The Bertz CT molecular complexity index is 718. The Labute approximate surface area is 156 Å². The van der Waals surface area contributed by atoms with Gasteiger partial charge in [0.1, 0.15) is 0 Å². The third kappa shape index (κ3) is 4.76. The minimum Gasteiger partial charge on any atom is -0.493 e. The molecule has 0 fully saturated rings. The molecule has 5 heteroatoms. The molecular weight excluding hydrogens is 328 g/mol. The molecule has 0 heterocycles. The van der Waals surface area contributed by atoms with E-state index in [1.807, 2.05) is 81.4 Å². The SMILES string of the molecule is CCOc1ccc(CN(C)[C@H](C)C(=O)N(C)c2ccccc2)cc1OC. The first-order valence-corrected chi connectivity index (χ1v) is 8.80. The van der Waals surface area contributed by atoms with Crippen molar-refractivity contribution >= 4 is 11.6 Å². The third-order valence-corrected chi connectivity index (χ3v) is 4.45. The molecule has 0 aliphatic heterocycles. The number of nitrogens with zero attached hydrogens (tertiary/aromatic N) is 2. The van der Waals surface area contributed by atoms with E-state index in [1.54, 1.807) is 12.0 Å². The van der Waals surface area contributed by atoms with Crippen LogP contribution in [0.1, 0.15) is 19.4 Å². The Morgan fingerprint density at radius 1 is 1.08 bits per heavy atom. The lowest BCUT2D eigenvalue weighted by molar-refractivity contribution is -0.122. The van der Waals surface area contributed by atoms with E-state index in [9.17, 15) is 4.79 Å². The van der Waals surface area contributed by atoms with Crippen molar-refractivity contribution in [1.82, 2.24) is 4.90 Å². The van der Waals surface area contributed by atoms with Crippen LogP contribution in [0, 0.1) is 0 Å². The van der Waals surface area contributed by atoms with Crippen LogP contribution >= 0.6 is 0 Å². The maximum atomic E-state index is 12.8. The second-order valence-electron chi connectivity index (χ2n) is 6.24. The van der Waals surface area contributed by atoms with Crippen LogP contribution in [0.4, 0.5) is 5.69 Å². The van der Waals surface area contributed by atoms with Crippen molar-refractivity contribution in [2.24, 2.45) is 0 Å². The normalized spacial score (nSPS) is 11.9. The van der Waals surface area contributed by atoms with Crippen molar-refractivity contribution in [2.75, 3.05) is 32.7 Å². The van der Waals surface area contributed by atoms with E-state index >= 15 is 0 Å². The van der Waals surface area contributed by atoms with Crippen LogP contribution in [0.15, 0.2) is 48.5 Å². The van der Waals surface area contributed by atoms with E-state index in [0.29, 0.717) is 18.9 Å². The molecule has 1 atom stereocenters. The second kappa shape index (κ2) is 9.25. The second-order valence-corrected chi connectivity index (χ2v) is 6.24. The zero-order valence-corrected chi connectivity index (χ0v) is 16.2. The first-order chi connectivity index (χ1) is 12.5. The Balaban J connectivity index is 2.06. The number of hydrogen-bond acceptors (Lipinski definition) is 4. The predicted molar refractivity (Wildman–Crippen MR) is 105 cm³/mol. The Morgan fingerprint density at radius 2 is 1.77 bits per heavy atom. The summed E-state index contributed by atoms with van der Waals surface area (Å²) in [4.78, 5) is 16.5. The van der Waals surface area contributed by atoms with E-state index in [0.717, 1.165) is 17.0 Å². The summed E-state index contributed by atoms with van der Waals surface area (Å²) in [6.07, 6.45) is 0. The van der Waals surface area contributed by atoms with Crippen molar-refractivity contribution in [2.45, 2.75) is 26.4 Å². The summed E-state index contributed by atoms with van der Waals surface area (Å²) in [6.45, 7) is 5.09. The van der Waals surface area contributed by atoms with Crippen LogP contribution in [0.5, 0.6) is 11.5 Å². The summed E-state index contributed by atoms with van der Waals surface area (Å²) in [7, 11) is 5.39. The van der Waals surface area contributed by atoms with Crippen molar-refractivity contribution in [3.8, 4) is 11.5 Å². The lowest BCUT2D eigenvalue weighted by Crippen LogP contribution is -2.43. The molecule has 0 saturated heterocycles. The minimum atomic E-state index is -0.252. The molecule has 0 aromatic heterocycles. The number of benzene rings is 2. The number of ether oxygens (including phenoxy) is 2. The lowest BCUT2D eigenvalue weighted by Gasteiger charge is -2.28. The van der Waals surface area contributed by atoms with Gasteiger partial charge in [-0.1, -0.05) is 24.3 Å². The first kappa shape index (κ1) is 19.8. The molecule has 0 aliphatic carbocycles. The van der Waals surface area contributed by atoms with Gasteiger partial charge in [-0.2, -0.15) is 0 Å². The quantitative estimate of drug-likeness (QED) is 0.725. The monoisotopic (exact) mass is 356 g/mol. The largest absolute Gasteiger partial charge is 0.493 e. The molecule has 0 N–H and O–H groups in total. The fourth-order valence-corrected chi connectivity index (χ4v) is 2.76. The average molecular weight is 356 g/mol. The Hall–Kier alpha value is -2.53. The summed E-state index contributed by atoms with van der Waals surface area (Å²) < 4.78 is 11.0. The fourth-order valence-electron chi connectivity index (χ4n) is 2.76. The number of carbonyl (C=O) groups excluding carboxylic acids is 1. The summed E-state index contributed by atoms with van der Waals surface area (Å²) in [5, 5.41) is 0. The standard InChI is InChI=1S/C21H28N2O3/c1-6-26-19-13-12-17(14-20(19)25-5)15-22(3)16(2)21(24)23(4)18-10-8-7-9-11-18/h7-14,16H,6,15H2,1-5H3/t16-/m1/s1. The lowest BCUT2D eigenvalue weighted by atomic mass is 10.1. The van der Waals surface area contributed by atoms with Gasteiger partial charge >= 0.3 is 0 Å². The zero-order chi connectivity index (χ0) is 19.1. The van der Waals surface area contributed by atoms with Crippen molar-refractivity contribution in [3.05, 3.63) is 54.1 Å². The summed E-state index contributed by atoms with van der Waals surface area (Å²) in [6, 6.07) is 15.3. The number of amides is 1. The molecule has 2 aromatic carbocycles. The van der Waals surface area contributed by atoms with Crippen molar-refractivity contribution in [3.63, 3.8) is 0 Å². The van der Waals surface area contributed by atoms with Gasteiger partial charge in [-0.3, -0.25) is 9.69 Å². The van der Waals surface area contributed by atoms with Gasteiger partial charge in [0.05, 0.1) is 19.8 Å². The van der Waals surface area contributed by atoms with E-state index in [1.165, 1.54) is 0 Å². The van der Waals surface area contributed by atoms with Gasteiger partial charge in [-0.25, -0.2) is 0 Å². The maximum Gasteiger partial charge on any atom is 0.243 e. The number of para-hydroxylation sites is 1. The number of rotatable bonds is 8. The van der Waals surface area contributed by atoms with Crippen LogP contribution in [0.25, 0.3) is 0 Å². The number of hydrogen-bond donors (Lipinski definition) is 0. The molecule has 140 valence electrons. The van der Waals surface area contributed by atoms with Gasteiger partial charge in [0, 0.05) is 19.3 Å². The van der Waals surface area contributed by atoms with Crippen LogP contribution in [0.2, 0.25) is 0 Å². The number of likely N-dealkylation sites (N-methyl/N-ethyl adjacent to an activating group) is 2. The molecule has 26 heavy (non-hydrogen) atoms. The summed E-state index contributed by atoms with van der Waals surface area (Å²) >= 11 is 0. The van der Waals surface area contributed by atoms with E-state index in [4.69, 9.17) is 9.47 Å². The highest BCUT2D eigenvalue weighted by atomic mass is 16.5. The van der Waals surface area contributed by atoms with E-state index < -0.39 is 0 Å². The van der Waals surface area contributed by atoms with Gasteiger partial charge in [0.2, 0.25) is 5.91 Å². The number of anilines is 1. The third-order valence-electron chi connectivity index (χ3n) is 4.45. The van der Waals surface area contributed by atoms with Gasteiger partial charge in [0.15, 0.2) is 11.5 Å². The minimum absolute atomic E-state index is 0.0524. The fraction of sp³-hybridized carbons (Fsp3) is 0.381. The highest BCUT2D eigenvalue weighted by Gasteiger charge is 2.22. The summed E-state index contributed by atoms with van der Waals surface area (Å²) in [5.41, 5.74) is 1.95. The zero-order valence-electron chi connectivity index (χ0n) is 16.2. The van der Waals surface area contributed by atoms with Gasteiger partial charge in [-0.15, -0.1) is 0 Å². The maximum absolute atomic E-state index is 12.8. The predicted octanol–water partition coefficient (Wildman–Crippen LogP) is 3.58. The van der Waals surface area contributed by atoms with Crippen LogP contribution in [0.3, 0.4) is 0 Å². The van der Waals surface area contributed by atoms with E-state index in [-0.39, 0.29) is 11.9 Å². The molecule has 0 unspecified atom stereocenters. The smallest absolute Gasteiger partial charge is 0.243 e. The molecule has 2 rings (SSSR count). The molecule has 0 bridgehead atoms. The van der Waals surface area contributed by atoms with Crippen LogP contribution < -0.4 is 14.4 Å². The topological polar surface area (TPSA) is 42.0 Å². The molecule has 2 aromatic rings. The van der Waals surface area contributed by atoms with Gasteiger partial charge in [-0.05, 0) is 50.7 Å². The van der Waals surface area contributed by atoms with Crippen molar-refractivity contribution < 1.29 is 14.3 Å². The molecular formula is C21H28N2O3. The molecule has 5 nitrogen and oxygen atoms in total. The molecule has 1 amide bonds. The Morgan fingerprint density at radius 3 is 2.38 bits per heavy atom. The average Bonchev–Trinajstić information content (AvgIpc) is 2.68. The van der Waals surface area contributed by atoms with Gasteiger partial charge in [0.25, 0.3) is 0 Å². The van der Waals surface area contributed by atoms with Crippen LogP contribution in [-0.4, -0.2) is 44.7 Å². The molecule has 0 saturated carbocycles.